The highest BCUT2D eigenvalue weighted by atomic mass is 32.2. The van der Waals surface area contributed by atoms with Gasteiger partial charge >= 0.3 is 5.97 Å². The molecule has 1 aliphatic heterocycles. The van der Waals surface area contributed by atoms with Crippen molar-refractivity contribution < 1.29 is 9.53 Å². The minimum Gasteiger partial charge on any atom is -0.467 e. The lowest BCUT2D eigenvalue weighted by molar-refractivity contribution is -0.143. The summed E-state index contributed by atoms with van der Waals surface area (Å²) in [6, 6.07) is 0. The highest BCUT2D eigenvalue weighted by molar-refractivity contribution is 8.05. The van der Waals surface area contributed by atoms with E-state index in [1.807, 2.05) is 13.0 Å². The molecule has 11 heavy (non-hydrogen) atoms. The normalized spacial score (nSPS) is 29.9. The van der Waals surface area contributed by atoms with Crippen LogP contribution in [0.5, 0.6) is 0 Å². The van der Waals surface area contributed by atoms with Crippen molar-refractivity contribution in [3.63, 3.8) is 0 Å². The summed E-state index contributed by atoms with van der Waals surface area (Å²) in [5.74, 6) is -0.351. The van der Waals surface area contributed by atoms with Crippen LogP contribution in [0.3, 0.4) is 0 Å². The molecule has 0 bridgehead atoms. The van der Waals surface area contributed by atoms with Crippen LogP contribution >= 0.6 is 11.8 Å². The Morgan fingerprint density at radius 1 is 1.91 bits per heavy atom. The van der Waals surface area contributed by atoms with Gasteiger partial charge in [0.15, 0.2) is 4.87 Å². The molecule has 0 aromatic carbocycles. The third kappa shape index (κ3) is 1.57. The van der Waals surface area contributed by atoms with E-state index >= 15 is 0 Å². The first kappa shape index (κ1) is 8.62. The lowest BCUT2D eigenvalue weighted by Gasteiger charge is -2.18. The average molecular weight is 173 g/mol. The standard InChI is InChI=1S/C7H11NO2S/c1-5-3-4-7(8,11-5)6(9)10-2/h3H,4,8H2,1-2H3. The van der Waals surface area contributed by atoms with Gasteiger partial charge in [0.05, 0.1) is 7.11 Å². The van der Waals surface area contributed by atoms with Gasteiger partial charge < -0.3 is 10.5 Å². The molecule has 0 saturated carbocycles. The van der Waals surface area contributed by atoms with Gasteiger partial charge in [0.2, 0.25) is 0 Å². The summed E-state index contributed by atoms with van der Waals surface area (Å²) >= 11 is 1.36. The highest BCUT2D eigenvalue weighted by Crippen LogP contribution is 2.38. The summed E-state index contributed by atoms with van der Waals surface area (Å²) in [7, 11) is 1.35. The van der Waals surface area contributed by atoms with Gasteiger partial charge in [0, 0.05) is 6.42 Å². The quantitative estimate of drug-likeness (QED) is 0.597. The number of allylic oxidation sites excluding steroid dienone is 1. The van der Waals surface area contributed by atoms with Crippen molar-refractivity contribution in [1.29, 1.82) is 0 Å². The number of carbonyl (C=O) groups excluding carboxylic acids is 1. The maximum Gasteiger partial charge on any atom is 0.337 e. The van der Waals surface area contributed by atoms with Crippen molar-refractivity contribution >= 4 is 17.7 Å². The summed E-state index contributed by atoms with van der Waals surface area (Å²) < 4.78 is 4.57. The fourth-order valence-corrected chi connectivity index (χ4v) is 2.04. The van der Waals surface area contributed by atoms with Crippen LogP contribution in [-0.2, 0) is 9.53 Å². The Morgan fingerprint density at radius 3 is 2.91 bits per heavy atom. The Hall–Kier alpha value is -0.480. The van der Waals surface area contributed by atoms with Crippen molar-refractivity contribution in [2.24, 2.45) is 5.73 Å². The smallest absolute Gasteiger partial charge is 0.337 e. The fourth-order valence-electron chi connectivity index (χ4n) is 0.964. The van der Waals surface area contributed by atoms with Crippen LogP contribution in [0.1, 0.15) is 13.3 Å². The zero-order valence-corrected chi connectivity index (χ0v) is 7.40. The number of ether oxygens (including phenoxy) is 1. The molecule has 1 rings (SSSR count). The molecule has 3 nitrogen and oxygen atoms in total. The Balaban J connectivity index is 2.66. The SMILES string of the molecule is COC(=O)C1(N)CC=C(C)S1. The number of hydrogen-bond donors (Lipinski definition) is 1. The van der Waals surface area contributed by atoms with Crippen LogP contribution in [0, 0.1) is 0 Å². The second-order valence-corrected chi connectivity index (χ2v) is 4.08. The van der Waals surface area contributed by atoms with Gasteiger partial charge in [-0.1, -0.05) is 17.8 Å². The van der Waals surface area contributed by atoms with Gasteiger partial charge in [-0.05, 0) is 11.8 Å². The van der Waals surface area contributed by atoms with Crippen LogP contribution < -0.4 is 5.73 Å². The Kier molecular flexibility index (Phi) is 2.25. The third-order valence-corrected chi connectivity index (χ3v) is 2.75. The monoisotopic (exact) mass is 173 g/mol. The van der Waals surface area contributed by atoms with Crippen LogP contribution in [0.15, 0.2) is 11.0 Å². The summed E-state index contributed by atoms with van der Waals surface area (Å²) in [6.45, 7) is 1.93. The van der Waals surface area contributed by atoms with Crippen molar-refractivity contribution in [3.05, 3.63) is 11.0 Å². The maximum absolute atomic E-state index is 11.1. The van der Waals surface area contributed by atoms with E-state index in [1.54, 1.807) is 0 Å². The van der Waals surface area contributed by atoms with Crippen LogP contribution in [0.25, 0.3) is 0 Å². The first-order valence-electron chi connectivity index (χ1n) is 3.31. The molecule has 4 heteroatoms. The molecule has 0 fully saturated rings. The van der Waals surface area contributed by atoms with Crippen LogP contribution in [0.2, 0.25) is 0 Å². The van der Waals surface area contributed by atoms with Crippen molar-refractivity contribution in [3.8, 4) is 0 Å². The zero-order valence-electron chi connectivity index (χ0n) is 6.59. The van der Waals surface area contributed by atoms with Crippen molar-refractivity contribution in [1.82, 2.24) is 0 Å². The second-order valence-electron chi connectivity index (χ2n) is 2.50. The molecule has 0 spiro atoms. The molecular weight excluding hydrogens is 162 g/mol. The van der Waals surface area contributed by atoms with Gasteiger partial charge in [-0.2, -0.15) is 0 Å². The van der Waals surface area contributed by atoms with E-state index < -0.39 is 4.87 Å². The molecule has 2 N–H and O–H groups in total. The summed E-state index contributed by atoms with van der Waals surface area (Å²) in [6.07, 6.45) is 2.51. The van der Waals surface area contributed by atoms with Crippen LogP contribution in [-0.4, -0.2) is 18.0 Å². The fraction of sp³-hybridized carbons (Fsp3) is 0.571. The van der Waals surface area contributed by atoms with E-state index in [0.717, 1.165) is 4.91 Å². The number of rotatable bonds is 1. The van der Waals surface area contributed by atoms with Crippen LogP contribution in [0.4, 0.5) is 0 Å². The Morgan fingerprint density at radius 2 is 2.55 bits per heavy atom. The molecule has 0 saturated heterocycles. The molecule has 0 aromatic heterocycles. The van der Waals surface area contributed by atoms with E-state index in [4.69, 9.17) is 5.73 Å². The van der Waals surface area contributed by atoms with E-state index in [9.17, 15) is 4.79 Å². The van der Waals surface area contributed by atoms with Gasteiger partial charge in [-0.3, -0.25) is 0 Å². The summed E-state index contributed by atoms with van der Waals surface area (Å²) in [5.41, 5.74) is 5.74. The number of thioether (sulfide) groups is 1. The number of nitrogens with two attached hydrogens (primary N) is 1. The van der Waals surface area contributed by atoms with Gasteiger partial charge in [-0.25, -0.2) is 4.79 Å². The third-order valence-electron chi connectivity index (χ3n) is 1.57. The Bertz CT molecular complexity index is 214. The number of hydrogen-bond acceptors (Lipinski definition) is 4. The molecule has 0 aromatic rings. The van der Waals surface area contributed by atoms with E-state index in [-0.39, 0.29) is 5.97 Å². The molecule has 1 atom stereocenters. The topological polar surface area (TPSA) is 52.3 Å². The molecule has 1 heterocycles. The molecule has 1 aliphatic rings. The number of esters is 1. The van der Waals surface area contributed by atoms with Gasteiger partial charge in [-0.15, -0.1) is 0 Å². The van der Waals surface area contributed by atoms with Gasteiger partial charge in [0.25, 0.3) is 0 Å². The maximum atomic E-state index is 11.1. The molecule has 0 amide bonds. The number of carbonyl (C=O) groups is 1. The Labute approximate surface area is 70.0 Å². The summed E-state index contributed by atoms with van der Waals surface area (Å²) in [4.78, 5) is 11.3. The number of methoxy groups -OCH3 is 1. The van der Waals surface area contributed by atoms with E-state index in [2.05, 4.69) is 4.74 Å². The van der Waals surface area contributed by atoms with E-state index in [0.29, 0.717) is 6.42 Å². The molecule has 1 unspecified atom stereocenters. The lowest BCUT2D eigenvalue weighted by atomic mass is 10.2. The molecular formula is C7H11NO2S. The predicted molar refractivity (Wildman–Crippen MR) is 44.9 cm³/mol. The minimum atomic E-state index is -0.862. The minimum absolute atomic E-state index is 0.351. The van der Waals surface area contributed by atoms with Crippen molar-refractivity contribution in [2.45, 2.75) is 18.2 Å². The molecule has 0 aliphatic carbocycles. The second kappa shape index (κ2) is 2.87. The highest BCUT2D eigenvalue weighted by Gasteiger charge is 2.38. The van der Waals surface area contributed by atoms with E-state index in [1.165, 1.54) is 18.9 Å². The molecule has 0 radical (unpaired) electrons. The van der Waals surface area contributed by atoms with Gasteiger partial charge in [0.1, 0.15) is 0 Å². The molecule has 62 valence electrons. The van der Waals surface area contributed by atoms with Crippen molar-refractivity contribution in [2.75, 3.05) is 7.11 Å². The first-order chi connectivity index (χ1) is 5.08. The lowest BCUT2D eigenvalue weighted by Crippen LogP contribution is -2.43. The average Bonchev–Trinajstić information content (AvgIpc) is 2.31. The predicted octanol–water partition coefficient (Wildman–Crippen LogP) is 0.855. The largest absolute Gasteiger partial charge is 0.467 e. The summed E-state index contributed by atoms with van der Waals surface area (Å²) in [5, 5.41) is 0. The zero-order chi connectivity index (χ0) is 8.48. The first-order valence-corrected chi connectivity index (χ1v) is 4.13.